The van der Waals surface area contributed by atoms with Crippen molar-refractivity contribution in [3.8, 4) is 0 Å². The van der Waals surface area contributed by atoms with Crippen LogP contribution in [0.15, 0.2) is 41.6 Å². The highest BCUT2D eigenvalue weighted by Crippen LogP contribution is 2.33. The molecular weight excluding hydrogens is 462 g/mol. The van der Waals surface area contributed by atoms with E-state index in [0.29, 0.717) is 0 Å². The Kier molecular flexibility index (Phi) is 6.34. The van der Waals surface area contributed by atoms with Gasteiger partial charge in [0.15, 0.2) is 33.0 Å². The molecule has 0 aliphatic carbocycles. The van der Waals surface area contributed by atoms with Crippen LogP contribution in [0, 0.1) is 0 Å². The summed E-state index contributed by atoms with van der Waals surface area (Å²) in [6.07, 6.45) is -3.30. The fraction of sp³-hybridized carbons (Fsp3) is 0.421. The minimum Gasteiger partial charge on any atom is -0.394 e. The molecule has 11 nitrogen and oxygen atoms in total. The number of aromatic nitrogens is 4. The number of rotatable bonds is 7. The number of anilines is 1. The molecule has 1 saturated heterocycles. The van der Waals surface area contributed by atoms with Crippen molar-refractivity contribution < 1.29 is 28.5 Å². The highest BCUT2D eigenvalue weighted by Gasteiger charge is 2.44. The molecule has 3 heterocycles. The fourth-order valence-corrected chi connectivity index (χ4v) is 5.29. The first-order valence-corrected chi connectivity index (χ1v) is 11.8. The van der Waals surface area contributed by atoms with Gasteiger partial charge in [-0.2, -0.15) is 9.97 Å². The van der Waals surface area contributed by atoms with Crippen LogP contribution in [-0.2, 0) is 14.6 Å². The maximum Gasteiger partial charge on any atom is 0.226 e. The molecule has 13 heteroatoms. The first kappa shape index (κ1) is 22.8. The molecule has 1 aromatic carbocycles. The van der Waals surface area contributed by atoms with Gasteiger partial charge in [0.1, 0.15) is 18.3 Å². The summed E-state index contributed by atoms with van der Waals surface area (Å²) < 4.78 is 32.2. The summed E-state index contributed by atoms with van der Waals surface area (Å²) in [6.45, 7) is 1.21. The number of nitrogens with one attached hydrogen (secondary N) is 1. The quantitative estimate of drug-likeness (QED) is 0.345. The molecule has 0 amide bonds. The van der Waals surface area contributed by atoms with Gasteiger partial charge in [0, 0.05) is 6.04 Å². The van der Waals surface area contributed by atoms with Crippen molar-refractivity contribution in [2.45, 2.75) is 42.4 Å². The average molecular weight is 484 g/mol. The monoisotopic (exact) mass is 483 g/mol. The number of hydrogen-bond donors (Lipinski definition) is 4. The zero-order valence-corrected chi connectivity index (χ0v) is 18.5. The third-order valence-corrected chi connectivity index (χ3v) is 7.24. The van der Waals surface area contributed by atoms with Crippen molar-refractivity contribution in [3.63, 3.8) is 0 Å². The molecule has 1 aliphatic rings. The molecule has 172 valence electrons. The maximum absolute atomic E-state index is 12.7. The normalized spacial score (nSPS) is 24.7. The third kappa shape index (κ3) is 4.29. The van der Waals surface area contributed by atoms with Crippen LogP contribution in [0.5, 0.6) is 0 Å². The number of sulfone groups is 1. The van der Waals surface area contributed by atoms with E-state index in [1.807, 2.05) is 0 Å². The minimum atomic E-state index is -3.54. The van der Waals surface area contributed by atoms with Gasteiger partial charge in [-0.1, -0.05) is 18.2 Å². The number of hydrogen-bond acceptors (Lipinski definition) is 10. The lowest BCUT2D eigenvalue weighted by Crippen LogP contribution is -2.33. The number of nitrogens with zero attached hydrogens (tertiary/aromatic N) is 4. The van der Waals surface area contributed by atoms with Crippen LogP contribution in [0.25, 0.3) is 11.2 Å². The van der Waals surface area contributed by atoms with E-state index in [9.17, 15) is 23.7 Å². The first-order chi connectivity index (χ1) is 15.2. The smallest absolute Gasteiger partial charge is 0.226 e. The highest BCUT2D eigenvalue weighted by atomic mass is 35.5. The summed E-state index contributed by atoms with van der Waals surface area (Å²) >= 11 is 6.08. The lowest BCUT2D eigenvalue weighted by Gasteiger charge is -2.17. The van der Waals surface area contributed by atoms with Crippen LogP contribution in [0.1, 0.15) is 13.2 Å². The Morgan fingerprint density at radius 3 is 2.59 bits per heavy atom. The van der Waals surface area contributed by atoms with Crippen LogP contribution >= 0.6 is 11.6 Å². The number of imidazole rings is 1. The van der Waals surface area contributed by atoms with Crippen molar-refractivity contribution in [2.75, 3.05) is 17.7 Å². The molecule has 32 heavy (non-hydrogen) atoms. The molecular formula is C19H22ClN5O6S. The van der Waals surface area contributed by atoms with E-state index >= 15 is 0 Å². The minimum absolute atomic E-state index is 0.133. The van der Waals surface area contributed by atoms with E-state index < -0.39 is 47.0 Å². The molecule has 3 aromatic rings. The molecule has 0 bridgehead atoms. The molecule has 1 aliphatic heterocycles. The van der Waals surface area contributed by atoms with Gasteiger partial charge in [0.2, 0.25) is 5.28 Å². The number of benzene rings is 1. The number of aliphatic hydroxyl groups excluding tert-OH is 3. The second kappa shape index (κ2) is 8.89. The Balaban J connectivity index is 1.61. The number of halogens is 1. The number of fused-ring (bicyclic) bond motifs is 1. The summed E-state index contributed by atoms with van der Waals surface area (Å²) in [7, 11) is -3.54. The van der Waals surface area contributed by atoms with Gasteiger partial charge in [-0.05, 0) is 30.7 Å². The Labute approximate surface area is 188 Å². The predicted molar refractivity (Wildman–Crippen MR) is 115 cm³/mol. The Hall–Kier alpha value is -2.35. The van der Waals surface area contributed by atoms with Crippen LogP contribution in [0.2, 0.25) is 5.28 Å². The van der Waals surface area contributed by atoms with Crippen LogP contribution < -0.4 is 5.32 Å². The summed E-state index contributed by atoms with van der Waals surface area (Å²) in [4.78, 5) is 12.7. The molecule has 4 N–H and O–H groups in total. The maximum atomic E-state index is 12.7. The summed E-state index contributed by atoms with van der Waals surface area (Å²) in [5.74, 6) is 0.0107. The summed E-state index contributed by atoms with van der Waals surface area (Å²) in [5.41, 5.74) is 0.483. The van der Waals surface area contributed by atoms with E-state index in [4.69, 9.17) is 16.3 Å². The van der Waals surface area contributed by atoms with Crippen molar-refractivity contribution in [1.82, 2.24) is 19.5 Å². The molecule has 0 saturated carbocycles. The lowest BCUT2D eigenvalue weighted by atomic mass is 10.1. The van der Waals surface area contributed by atoms with Gasteiger partial charge in [-0.25, -0.2) is 13.4 Å². The van der Waals surface area contributed by atoms with Gasteiger partial charge in [0.05, 0.1) is 23.6 Å². The van der Waals surface area contributed by atoms with Crippen LogP contribution in [0.3, 0.4) is 0 Å². The molecule has 5 atom stereocenters. The highest BCUT2D eigenvalue weighted by molar-refractivity contribution is 7.91. The van der Waals surface area contributed by atoms with Crippen molar-refractivity contribution in [3.05, 3.63) is 41.9 Å². The zero-order chi connectivity index (χ0) is 23.0. The number of aliphatic hydroxyl groups is 3. The third-order valence-electron chi connectivity index (χ3n) is 5.14. The van der Waals surface area contributed by atoms with E-state index in [-0.39, 0.29) is 32.9 Å². The summed E-state index contributed by atoms with van der Waals surface area (Å²) in [6, 6.07) is 7.57. The zero-order valence-electron chi connectivity index (χ0n) is 16.9. The van der Waals surface area contributed by atoms with Gasteiger partial charge in [0.25, 0.3) is 0 Å². The predicted octanol–water partition coefficient (Wildman–Crippen LogP) is 0.365. The standard InChI is InChI=1S/C19H22ClN5O6S/c1-10(8-32(29,30)11-5-3-2-4-6-11)22-16-13-17(24-19(20)23-16)25(9-21-13)18-15(28)14(27)12(7-26)31-18/h2-6,9-10,12,14-15,18,26-28H,7-8H2,1H3,(H,22,23,24)/t10-,12-,14-,15-,18-/m1/s1. The van der Waals surface area contributed by atoms with Crippen LogP contribution in [-0.4, -0.2) is 80.0 Å². The Morgan fingerprint density at radius 2 is 1.94 bits per heavy atom. The summed E-state index contributed by atoms with van der Waals surface area (Å²) in [5, 5.41) is 32.5. The molecule has 0 spiro atoms. The van der Waals surface area contributed by atoms with Gasteiger partial charge in [-0.15, -0.1) is 0 Å². The van der Waals surface area contributed by atoms with Crippen molar-refractivity contribution in [2.24, 2.45) is 0 Å². The van der Waals surface area contributed by atoms with Gasteiger partial charge < -0.3 is 25.4 Å². The van der Waals surface area contributed by atoms with E-state index in [1.165, 1.54) is 23.0 Å². The van der Waals surface area contributed by atoms with Gasteiger partial charge >= 0.3 is 0 Å². The second-order valence-electron chi connectivity index (χ2n) is 7.53. The molecule has 1 fully saturated rings. The van der Waals surface area contributed by atoms with Crippen molar-refractivity contribution >= 4 is 38.4 Å². The van der Waals surface area contributed by atoms with Crippen LogP contribution in [0.4, 0.5) is 5.82 Å². The SMILES string of the molecule is C[C@H](CS(=O)(=O)c1ccccc1)Nc1nc(Cl)nc2c1ncn2[C@@H]1O[C@H](CO)[C@@H](O)[C@H]1O. The molecule has 0 unspecified atom stereocenters. The van der Waals surface area contributed by atoms with E-state index in [0.717, 1.165) is 0 Å². The lowest BCUT2D eigenvalue weighted by molar-refractivity contribution is -0.0511. The fourth-order valence-electron chi connectivity index (χ4n) is 3.61. The molecule has 2 aromatic heterocycles. The second-order valence-corrected chi connectivity index (χ2v) is 9.91. The Bertz CT molecular complexity index is 1210. The van der Waals surface area contributed by atoms with Crippen molar-refractivity contribution in [1.29, 1.82) is 0 Å². The molecule has 0 radical (unpaired) electrons. The first-order valence-electron chi connectivity index (χ1n) is 9.78. The Morgan fingerprint density at radius 1 is 1.22 bits per heavy atom. The average Bonchev–Trinajstić information content (AvgIpc) is 3.29. The largest absolute Gasteiger partial charge is 0.394 e. The van der Waals surface area contributed by atoms with Gasteiger partial charge in [-0.3, -0.25) is 4.57 Å². The van der Waals surface area contributed by atoms with E-state index in [1.54, 1.807) is 25.1 Å². The van der Waals surface area contributed by atoms with E-state index in [2.05, 4.69) is 20.3 Å². The topological polar surface area (TPSA) is 160 Å². The molecule has 4 rings (SSSR count). The number of ether oxygens (including phenoxy) is 1.